The molecule has 0 aromatic heterocycles. The monoisotopic (exact) mass is 214 g/mol. The second-order valence-corrected chi connectivity index (χ2v) is 4.04. The molecule has 1 unspecified atom stereocenters. The highest BCUT2D eigenvalue weighted by atomic mass is 35.5. The van der Waals surface area contributed by atoms with Crippen molar-refractivity contribution in [2.24, 2.45) is 5.92 Å². The first kappa shape index (κ1) is 14.9. The Morgan fingerprint density at radius 3 is 2.17 bits per heavy atom. The third-order valence-corrected chi connectivity index (χ3v) is 1.24. The highest BCUT2D eigenvalue weighted by Crippen LogP contribution is 1.81. The van der Waals surface area contributed by atoms with Gasteiger partial charge in [0.25, 0.3) is 0 Å². The predicted octanol–water partition coefficient (Wildman–Crippen LogP) is 1.66. The summed E-state index contributed by atoms with van der Waals surface area (Å²) in [4.78, 5) is 0. The first-order valence-electron chi connectivity index (χ1n) is 3.89. The molecule has 0 fully saturated rings. The molecule has 0 saturated carbocycles. The van der Waals surface area contributed by atoms with Gasteiger partial charge in [-0.3, -0.25) is 4.21 Å². The fraction of sp³-hybridized carbons (Fsp3) is 1.00. The van der Waals surface area contributed by atoms with Crippen molar-refractivity contribution in [3.8, 4) is 0 Å². The summed E-state index contributed by atoms with van der Waals surface area (Å²) < 4.78 is 21.6. The summed E-state index contributed by atoms with van der Waals surface area (Å²) in [7, 11) is 0. The van der Waals surface area contributed by atoms with E-state index < -0.39 is 11.3 Å². The lowest BCUT2D eigenvalue weighted by Gasteiger charge is -2.03. The molecule has 0 aliphatic carbocycles. The molecule has 0 bridgehead atoms. The second kappa shape index (κ2) is 11.4. The molecule has 76 valence electrons. The lowest BCUT2D eigenvalue weighted by Crippen LogP contribution is -2.17. The standard InChI is InChI=1S/C4H10.C3H8ClNO2S/c1-4(2)3;4-2-1-3-5-8(6)7/h4H,1-3H3;5H,1-3H2,(H,6,7)/p-1. The van der Waals surface area contributed by atoms with Gasteiger partial charge in [0.2, 0.25) is 0 Å². The van der Waals surface area contributed by atoms with Gasteiger partial charge in [-0.1, -0.05) is 20.8 Å². The Hall–Kier alpha value is 0.360. The Bertz CT molecular complexity index is 109. The van der Waals surface area contributed by atoms with Crippen LogP contribution in [0.25, 0.3) is 0 Å². The van der Waals surface area contributed by atoms with Crippen molar-refractivity contribution in [2.45, 2.75) is 27.2 Å². The van der Waals surface area contributed by atoms with Crippen molar-refractivity contribution < 1.29 is 8.76 Å². The van der Waals surface area contributed by atoms with Gasteiger partial charge in [-0.2, -0.15) is 0 Å². The van der Waals surface area contributed by atoms with E-state index in [1.807, 2.05) is 0 Å². The molecule has 12 heavy (non-hydrogen) atoms. The summed E-state index contributed by atoms with van der Waals surface area (Å²) >= 11 is 3.12. The van der Waals surface area contributed by atoms with E-state index in [-0.39, 0.29) is 0 Å². The summed E-state index contributed by atoms with van der Waals surface area (Å²) in [5, 5.41) is 0. The van der Waals surface area contributed by atoms with Crippen LogP contribution in [0.3, 0.4) is 0 Å². The zero-order valence-corrected chi connectivity index (χ0v) is 9.37. The average Bonchev–Trinajstić information content (AvgIpc) is 1.86. The topological polar surface area (TPSA) is 52.2 Å². The number of rotatable bonds is 4. The van der Waals surface area contributed by atoms with Crippen molar-refractivity contribution in [1.82, 2.24) is 4.72 Å². The van der Waals surface area contributed by atoms with Gasteiger partial charge in [-0.05, 0) is 12.3 Å². The van der Waals surface area contributed by atoms with E-state index in [9.17, 15) is 8.76 Å². The van der Waals surface area contributed by atoms with Crippen LogP contribution in [0, 0.1) is 5.92 Å². The third kappa shape index (κ3) is 31.6. The van der Waals surface area contributed by atoms with E-state index in [1.165, 1.54) is 0 Å². The zero-order valence-electron chi connectivity index (χ0n) is 7.80. The Morgan fingerprint density at radius 1 is 1.50 bits per heavy atom. The van der Waals surface area contributed by atoms with Crippen molar-refractivity contribution in [2.75, 3.05) is 12.4 Å². The van der Waals surface area contributed by atoms with Gasteiger partial charge >= 0.3 is 0 Å². The fourth-order valence-electron chi connectivity index (χ4n) is 0.222. The minimum absolute atomic E-state index is 0.430. The van der Waals surface area contributed by atoms with Crippen LogP contribution in [0.1, 0.15) is 27.2 Å². The molecule has 0 radical (unpaired) electrons. The van der Waals surface area contributed by atoms with Crippen LogP contribution < -0.4 is 4.72 Å². The maximum Gasteiger partial charge on any atom is 0.0235 e. The molecule has 0 rings (SSSR count). The van der Waals surface area contributed by atoms with Crippen molar-refractivity contribution in [3.05, 3.63) is 0 Å². The molecule has 0 amide bonds. The number of nitrogens with one attached hydrogen (secondary N) is 1. The minimum atomic E-state index is -2.13. The fourth-order valence-corrected chi connectivity index (χ4v) is 0.667. The average molecular weight is 215 g/mol. The van der Waals surface area contributed by atoms with E-state index in [0.29, 0.717) is 18.8 Å². The molecule has 0 aromatic carbocycles. The van der Waals surface area contributed by atoms with Gasteiger partial charge in [-0.25, -0.2) is 4.72 Å². The lowest BCUT2D eigenvalue weighted by atomic mass is 10.3. The molecule has 3 nitrogen and oxygen atoms in total. The molecular weight excluding hydrogens is 198 g/mol. The van der Waals surface area contributed by atoms with Crippen LogP contribution in [0.2, 0.25) is 0 Å². The van der Waals surface area contributed by atoms with E-state index in [2.05, 4.69) is 25.5 Å². The van der Waals surface area contributed by atoms with Gasteiger partial charge in [0.05, 0.1) is 0 Å². The molecule has 0 aliphatic rings. The molecule has 1 N–H and O–H groups in total. The SMILES string of the molecule is CC(C)C.O=S([O-])NCCCCl. The molecule has 0 heterocycles. The molecule has 5 heteroatoms. The highest BCUT2D eigenvalue weighted by Gasteiger charge is 1.81. The number of hydrogen-bond donors (Lipinski definition) is 1. The van der Waals surface area contributed by atoms with Gasteiger partial charge < -0.3 is 4.55 Å². The summed E-state index contributed by atoms with van der Waals surface area (Å²) in [6.07, 6.45) is 0.676. The van der Waals surface area contributed by atoms with E-state index in [1.54, 1.807) is 0 Å². The summed E-state index contributed by atoms with van der Waals surface area (Å²) in [5.41, 5.74) is 0. The van der Waals surface area contributed by atoms with Crippen molar-refractivity contribution >= 4 is 22.9 Å². The molecule has 0 aliphatic heterocycles. The van der Waals surface area contributed by atoms with Gasteiger partial charge in [-0.15, -0.1) is 11.6 Å². The first-order chi connectivity index (χ1) is 5.50. The zero-order chi connectivity index (χ0) is 9.98. The normalized spacial score (nSPS) is 12.2. The number of alkyl halides is 1. The Labute approximate surface area is 82.3 Å². The minimum Gasteiger partial charge on any atom is -0.760 e. The molecule has 0 aromatic rings. The quantitative estimate of drug-likeness (QED) is 0.440. The van der Waals surface area contributed by atoms with E-state index in [0.717, 1.165) is 5.92 Å². The summed E-state index contributed by atoms with van der Waals surface area (Å²) in [6.45, 7) is 6.93. The molecule has 0 saturated heterocycles. The van der Waals surface area contributed by atoms with E-state index >= 15 is 0 Å². The Kier molecular flexibility index (Phi) is 14.1. The summed E-state index contributed by atoms with van der Waals surface area (Å²) in [6, 6.07) is 0. The number of halogens is 1. The Morgan fingerprint density at radius 2 is 1.92 bits per heavy atom. The van der Waals surface area contributed by atoms with E-state index in [4.69, 9.17) is 11.6 Å². The third-order valence-electron chi connectivity index (χ3n) is 0.530. The van der Waals surface area contributed by atoms with Crippen LogP contribution >= 0.6 is 11.6 Å². The Balaban J connectivity index is 0. The van der Waals surface area contributed by atoms with Gasteiger partial charge in [0.15, 0.2) is 0 Å². The summed E-state index contributed by atoms with van der Waals surface area (Å²) in [5.74, 6) is 1.32. The predicted molar refractivity (Wildman–Crippen MR) is 52.8 cm³/mol. The molecule has 1 atom stereocenters. The maximum absolute atomic E-state index is 9.72. The van der Waals surface area contributed by atoms with Crippen molar-refractivity contribution in [1.29, 1.82) is 0 Å². The van der Waals surface area contributed by atoms with Crippen LogP contribution in [0.4, 0.5) is 0 Å². The van der Waals surface area contributed by atoms with Gasteiger partial charge in [0, 0.05) is 23.7 Å². The smallest absolute Gasteiger partial charge is 0.0235 e. The van der Waals surface area contributed by atoms with Crippen LogP contribution in [0.15, 0.2) is 0 Å². The second-order valence-electron chi connectivity index (χ2n) is 2.90. The lowest BCUT2D eigenvalue weighted by molar-refractivity contribution is 0.522. The maximum atomic E-state index is 9.72. The largest absolute Gasteiger partial charge is 0.760 e. The van der Waals surface area contributed by atoms with Crippen molar-refractivity contribution in [3.63, 3.8) is 0 Å². The molecule has 0 spiro atoms. The molecular formula is C7H17ClNO2S-. The first-order valence-corrected chi connectivity index (χ1v) is 5.50. The number of hydrogen-bond acceptors (Lipinski definition) is 2. The van der Waals surface area contributed by atoms with Crippen LogP contribution in [-0.2, 0) is 11.3 Å². The van der Waals surface area contributed by atoms with Gasteiger partial charge in [0.1, 0.15) is 0 Å². The van der Waals surface area contributed by atoms with Crippen LogP contribution in [-0.4, -0.2) is 21.2 Å². The highest BCUT2D eigenvalue weighted by molar-refractivity contribution is 7.77. The van der Waals surface area contributed by atoms with Crippen LogP contribution in [0.5, 0.6) is 0 Å².